The molecule has 8 nitrogen and oxygen atoms in total. The van der Waals surface area contributed by atoms with E-state index in [1.54, 1.807) is 6.20 Å². The molecule has 2 N–H and O–H groups in total. The maximum Gasteiger partial charge on any atom is 0.164 e. The number of nitrogens with one attached hydrogen (secondary N) is 2. The van der Waals surface area contributed by atoms with Crippen LogP contribution in [0.15, 0.2) is 30.6 Å². The van der Waals surface area contributed by atoms with E-state index in [-0.39, 0.29) is 6.04 Å². The lowest BCUT2D eigenvalue weighted by molar-refractivity contribution is 0.0985. The van der Waals surface area contributed by atoms with Gasteiger partial charge in [0.15, 0.2) is 5.82 Å². The quantitative estimate of drug-likeness (QED) is 0.688. The Kier molecular flexibility index (Phi) is 5.03. The Morgan fingerprint density at radius 1 is 1.21 bits per heavy atom. The second kappa shape index (κ2) is 7.96. The first-order valence-electron chi connectivity index (χ1n) is 10.3. The third-order valence-corrected chi connectivity index (χ3v) is 5.67. The molecule has 5 heterocycles. The van der Waals surface area contributed by atoms with Gasteiger partial charge in [-0.3, -0.25) is 0 Å². The van der Waals surface area contributed by atoms with Crippen molar-refractivity contribution in [2.24, 2.45) is 5.92 Å². The minimum atomic E-state index is 0.271. The molecule has 29 heavy (non-hydrogen) atoms. The number of fused-ring (bicyclic) bond motifs is 1. The Balaban J connectivity index is 1.53. The number of hydrogen-bond donors (Lipinski definition) is 2. The van der Waals surface area contributed by atoms with Crippen molar-refractivity contribution in [1.29, 1.82) is 0 Å². The molecule has 3 aromatic heterocycles. The molecule has 2 aliphatic rings. The summed E-state index contributed by atoms with van der Waals surface area (Å²) >= 11 is 0. The van der Waals surface area contributed by atoms with E-state index >= 15 is 0 Å². The van der Waals surface area contributed by atoms with Crippen molar-refractivity contribution in [2.45, 2.75) is 19.4 Å². The van der Waals surface area contributed by atoms with Crippen molar-refractivity contribution in [1.82, 2.24) is 19.9 Å². The molecule has 2 atom stereocenters. The minimum Gasteiger partial charge on any atom is -0.381 e. The number of hydrogen-bond acceptors (Lipinski definition) is 7. The van der Waals surface area contributed by atoms with Gasteiger partial charge in [0.25, 0.3) is 0 Å². The molecule has 3 aromatic rings. The topological polar surface area (TPSA) is 88.2 Å². The van der Waals surface area contributed by atoms with Crippen LogP contribution in [0.25, 0.3) is 22.4 Å². The normalized spacial score (nSPS) is 22.3. The molecule has 0 aliphatic carbocycles. The molecule has 0 spiro atoms. The molecule has 8 heteroatoms. The zero-order valence-electron chi connectivity index (χ0n) is 16.6. The van der Waals surface area contributed by atoms with Crippen LogP contribution in [-0.2, 0) is 9.47 Å². The van der Waals surface area contributed by atoms with E-state index in [2.05, 4.69) is 33.2 Å². The zero-order chi connectivity index (χ0) is 19.6. The number of aromatic amines is 1. The molecule has 0 bridgehead atoms. The summed E-state index contributed by atoms with van der Waals surface area (Å²) in [5.41, 5.74) is 1.82. The molecule has 0 saturated carbocycles. The highest BCUT2D eigenvalue weighted by molar-refractivity contribution is 5.91. The van der Waals surface area contributed by atoms with Gasteiger partial charge in [0.1, 0.15) is 17.3 Å². The highest BCUT2D eigenvalue weighted by atomic mass is 16.5. The Hall–Kier alpha value is -2.71. The number of ether oxygens (including phenoxy) is 2. The van der Waals surface area contributed by atoms with Crippen molar-refractivity contribution in [3.8, 4) is 11.4 Å². The number of aromatic nitrogens is 4. The number of pyridine rings is 1. The van der Waals surface area contributed by atoms with Gasteiger partial charge in [-0.25, -0.2) is 15.0 Å². The van der Waals surface area contributed by atoms with Gasteiger partial charge in [-0.05, 0) is 25.5 Å². The molecule has 152 valence electrons. The van der Waals surface area contributed by atoms with Crippen LogP contribution in [0.3, 0.4) is 0 Å². The maximum atomic E-state index is 5.61. The first kappa shape index (κ1) is 18.3. The van der Waals surface area contributed by atoms with Gasteiger partial charge in [-0.15, -0.1) is 0 Å². The molecular formula is C21H26N6O2. The van der Waals surface area contributed by atoms with Crippen LogP contribution in [0.4, 0.5) is 11.6 Å². The van der Waals surface area contributed by atoms with Gasteiger partial charge in [0.2, 0.25) is 0 Å². The van der Waals surface area contributed by atoms with Crippen LogP contribution >= 0.6 is 0 Å². The van der Waals surface area contributed by atoms with Crippen molar-refractivity contribution in [3.05, 3.63) is 30.6 Å². The average Bonchev–Trinajstić information content (AvgIpc) is 3.44. The molecule has 2 fully saturated rings. The Labute approximate surface area is 169 Å². The number of H-pyrrole nitrogens is 1. The predicted octanol–water partition coefficient (Wildman–Crippen LogP) is 2.69. The van der Waals surface area contributed by atoms with Crippen molar-refractivity contribution in [3.63, 3.8) is 0 Å². The standard InChI is InChI=1S/C21H26N6O2/c1-14-12-29-9-7-27(14)19-10-18(24-11-15-4-8-28-13-15)25-21(26-19)17-3-6-23-20-16(17)2-5-22-20/h2-3,5-6,10,14-15H,4,7-9,11-13H2,1H3,(H,22,23)(H,24,25,26)/t14-,15+/m1/s1. The van der Waals surface area contributed by atoms with Crippen LogP contribution in [-0.4, -0.2) is 65.5 Å². The van der Waals surface area contributed by atoms with Crippen molar-refractivity contribution < 1.29 is 9.47 Å². The van der Waals surface area contributed by atoms with Crippen LogP contribution in [0, 0.1) is 5.92 Å². The van der Waals surface area contributed by atoms with Crippen LogP contribution in [0.2, 0.25) is 0 Å². The third-order valence-electron chi connectivity index (χ3n) is 5.67. The lowest BCUT2D eigenvalue weighted by Gasteiger charge is -2.34. The number of anilines is 2. The second-order valence-electron chi connectivity index (χ2n) is 7.76. The van der Waals surface area contributed by atoms with E-state index < -0.39 is 0 Å². The van der Waals surface area contributed by atoms with E-state index in [1.807, 2.05) is 18.3 Å². The molecule has 5 rings (SSSR count). The van der Waals surface area contributed by atoms with E-state index in [1.165, 1.54) is 0 Å². The average molecular weight is 394 g/mol. The Bertz CT molecular complexity index is 984. The molecule has 0 aromatic carbocycles. The van der Waals surface area contributed by atoms with Gasteiger partial charge in [-0.2, -0.15) is 0 Å². The monoisotopic (exact) mass is 394 g/mol. The number of rotatable bonds is 5. The second-order valence-corrected chi connectivity index (χ2v) is 7.76. The minimum absolute atomic E-state index is 0.271. The summed E-state index contributed by atoms with van der Waals surface area (Å²) in [5.74, 6) is 3.00. The molecule has 0 unspecified atom stereocenters. The first-order valence-corrected chi connectivity index (χ1v) is 10.3. The summed E-state index contributed by atoms with van der Waals surface area (Å²) in [6.07, 6.45) is 4.78. The van der Waals surface area contributed by atoms with Crippen LogP contribution in [0.1, 0.15) is 13.3 Å². The SMILES string of the molecule is C[C@@H]1COCCN1c1cc(NC[C@@H]2CCOC2)nc(-c2ccnc3[nH]ccc23)n1. The van der Waals surface area contributed by atoms with Gasteiger partial charge < -0.3 is 24.7 Å². The number of morpholine rings is 1. The fraction of sp³-hybridized carbons (Fsp3) is 0.476. The van der Waals surface area contributed by atoms with Crippen molar-refractivity contribution >= 4 is 22.7 Å². The summed E-state index contributed by atoms with van der Waals surface area (Å²) in [6.45, 7) is 6.92. The van der Waals surface area contributed by atoms with Crippen LogP contribution in [0.5, 0.6) is 0 Å². The Morgan fingerprint density at radius 3 is 3.00 bits per heavy atom. The summed E-state index contributed by atoms with van der Waals surface area (Å²) < 4.78 is 11.1. The third kappa shape index (κ3) is 3.77. The highest BCUT2D eigenvalue weighted by Crippen LogP contribution is 2.29. The van der Waals surface area contributed by atoms with Crippen molar-refractivity contribution in [2.75, 3.05) is 49.7 Å². The van der Waals surface area contributed by atoms with Gasteiger partial charge >= 0.3 is 0 Å². The van der Waals surface area contributed by atoms with E-state index in [0.717, 1.165) is 61.0 Å². The highest BCUT2D eigenvalue weighted by Gasteiger charge is 2.23. The fourth-order valence-corrected chi connectivity index (χ4v) is 4.01. The molecule has 0 radical (unpaired) electrons. The molecule has 2 aliphatic heterocycles. The van der Waals surface area contributed by atoms with E-state index in [4.69, 9.17) is 19.4 Å². The van der Waals surface area contributed by atoms with Crippen LogP contribution < -0.4 is 10.2 Å². The summed E-state index contributed by atoms with van der Waals surface area (Å²) in [5, 5.41) is 4.54. The summed E-state index contributed by atoms with van der Waals surface area (Å²) in [6, 6.07) is 6.32. The van der Waals surface area contributed by atoms with Gasteiger partial charge in [0.05, 0.1) is 25.9 Å². The smallest absolute Gasteiger partial charge is 0.164 e. The lowest BCUT2D eigenvalue weighted by atomic mass is 10.1. The predicted molar refractivity (Wildman–Crippen MR) is 112 cm³/mol. The molecule has 2 saturated heterocycles. The Morgan fingerprint density at radius 2 is 2.14 bits per heavy atom. The lowest BCUT2D eigenvalue weighted by Crippen LogP contribution is -2.44. The molecular weight excluding hydrogens is 368 g/mol. The first-order chi connectivity index (χ1) is 14.3. The fourth-order valence-electron chi connectivity index (χ4n) is 4.01. The zero-order valence-corrected chi connectivity index (χ0v) is 16.6. The largest absolute Gasteiger partial charge is 0.381 e. The van der Waals surface area contributed by atoms with Gasteiger partial charge in [-0.1, -0.05) is 0 Å². The number of nitrogens with zero attached hydrogens (tertiary/aromatic N) is 4. The maximum absolute atomic E-state index is 5.61. The van der Waals surface area contributed by atoms with E-state index in [9.17, 15) is 0 Å². The van der Waals surface area contributed by atoms with Gasteiger partial charge in [0, 0.05) is 55.0 Å². The summed E-state index contributed by atoms with van der Waals surface area (Å²) in [4.78, 5) is 19.7. The summed E-state index contributed by atoms with van der Waals surface area (Å²) in [7, 11) is 0. The van der Waals surface area contributed by atoms with E-state index in [0.29, 0.717) is 25.0 Å². The molecule has 0 amide bonds.